The van der Waals surface area contributed by atoms with Gasteiger partial charge < -0.3 is 5.32 Å². The number of benzene rings is 1. The van der Waals surface area contributed by atoms with Crippen LogP contribution < -0.4 is 5.32 Å². The highest BCUT2D eigenvalue weighted by molar-refractivity contribution is 6.42. The molecule has 94 valence electrons. The predicted molar refractivity (Wildman–Crippen MR) is 75.0 cm³/mol. The normalized spacial score (nSPS) is 24.2. The van der Waals surface area contributed by atoms with Crippen LogP contribution in [0.4, 0.5) is 0 Å². The van der Waals surface area contributed by atoms with Gasteiger partial charge in [-0.2, -0.15) is 0 Å². The van der Waals surface area contributed by atoms with E-state index in [1.807, 2.05) is 12.1 Å². The lowest BCUT2D eigenvalue weighted by atomic mass is 9.94. The average Bonchev–Trinajstić information content (AvgIpc) is 2.73. The van der Waals surface area contributed by atoms with E-state index in [1.54, 1.807) is 0 Å². The molecular formula is C14H19Cl2N. The summed E-state index contributed by atoms with van der Waals surface area (Å²) < 4.78 is 0. The predicted octanol–water partition coefficient (Wildman–Crippen LogP) is 4.31. The second-order valence-corrected chi connectivity index (χ2v) is 5.56. The molecule has 2 rings (SSSR count). The van der Waals surface area contributed by atoms with Crippen LogP contribution in [-0.2, 0) is 6.42 Å². The molecular weight excluding hydrogens is 253 g/mol. The minimum atomic E-state index is 0.648. The summed E-state index contributed by atoms with van der Waals surface area (Å²) >= 11 is 12.3. The van der Waals surface area contributed by atoms with E-state index in [0.29, 0.717) is 17.0 Å². The molecule has 0 saturated heterocycles. The Morgan fingerprint density at radius 3 is 2.88 bits per heavy atom. The Morgan fingerprint density at radius 2 is 2.12 bits per heavy atom. The number of nitrogens with one attached hydrogen (secondary N) is 1. The first-order valence-corrected chi connectivity index (χ1v) is 7.14. The highest BCUT2D eigenvalue weighted by atomic mass is 35.5. The van der Waals surface area contributed by atoms with Gasteiger partial charge in [0.15, 0.2) is 0 Å². The van der Waals surface area contributed by atoms with Gasteiger partial charge in [-0.3, -0.25) is 0 Å². The zero-order valence-corrected chi connectivity index (χ0v) is 11.7. The molecule has 1 fully saturated rings. The summed E-state index contributed by atoms with van der Waals surface area (Å²) in [5, 5.41) is 4.97. The van der Waals surface area contributed by atoms with Gasteiger partial charge >= 0.3 is 0 Å². The summed E-state index contributed by atoms with van der Waals surface area (Å²) in [5.41, 5.74) is 1.19. The molecule has 2 atom stereocenters. The zero-order valence-electron chi connectivity index (χ0n) is 10.2. The smallest absolute Gasteiger partial charge is 0.0624 e. The fourth-order valence-electron chi connectivity index (χ4n) is 2.80. The van der Waals surface area contributed by atoms with E-state index in [2.05, 4.69) is 18.3 Å². The van der Waals surface area contributed by atoms with E-state index in [4.69, 9.17) is 23.2 Å². The Balaban J connectivity index is 2.07. The van der Waals surface area contributed by atoms with Crippen LogP contribution in [0.2, 0.25) is 10.0 Å². The van der Waals surface area contributed by atoms with Gasteiger partial charge in [0.1, 0.15) is 0 Å². The molecule has 0 spiro atoms. The third-order valence-corrected chi connectivity index (χ3v) is 4.50. The molecule has 0 radical (unpaired) electrons. The largest absolute Gasteiger partial charge is 0.314 e. The Bertz CT molecular complexity index is 378. The summed E-state index contributed by atoms with van der Waals surface area (Å²) in [7, 11) is 0. The first-order valence-electron chi connectivity index (χ1n) is 6.38. The van der Waals surface area contributed by atoms with Crippen molar-refractivity contribution in [3.63, 3.8) is 0 Å². The highest BCUT2D eigenvalue weighted by Gasteiger charge is 2.27. The lowest BCUT2D eigenvalue weighted by Gasteiger charge is -2.21. The SMILES string of the molecule is CCNC1CCCC1Cc1cccc(Cl)c1Cl. The maximum absolute atomic E-state index is 6.24. The molecule has 1 saturated carbocycles. The maximum Gasteiger partial charge on any atom is 0.0624 e. The van der Waals surface area contributed by atoms with Crippen LogP contribution in [0.3, 0.4) is 0 Å². The number of halogens is 2. The minimum Gasteiger partial charge on any atom is -0.314 e. The molecule has 0 bridgehead atoms. The van der Waals surface area contributed by atoms with Crippen molar-refractivity contribution in [1.82, 2.24) is 5.32 Å². The molecule has 1 nitrogen and oxygen atoms in total. The third-order valence-electron chi connectivity index (χ3n) is 3.64. The molecule has 1 aromatic rings. The summed E-state index contributed by atoms with van der Waals surface area (Å²) in [6, 6.07) is 6.58. The van der Waals surface area contributed by atoms with Crippen molar-refractivity contribution in [3.8, 4) is 0 Å². The highest BCUT2D eigenvalue weighted by Crippen LogP contribution is 2.33. The van der Waals surface area contributed by atoms with Crippen molar-refractivity contribution in [2.24, 2.45) is 5.92 Å². The van der Waals surface area contributed by atoms with Crippen molar-refractivity contribution in [1.29, 1.82) is 0 Å². The molecule has 0 aromatic heterocycles. The van der Waals surface area contributed by atoms with E-state index < -0.39 is 0 Å². The number of hydrogen-bond acceptors (Lipinski definition) is 1. The van der Waals surface area contributed by atoms with Gasteiger partial charge in [0.2, 0.25) is 0 Å². The Morgan fingerprint density at radius 1 is 1.29 bits per heavy atom. The lowest BCUT2D eigenvalue weighted by Crippen LogP contribution is -2.33. The molecule has 0 aliphatic heterocycles. The molecule has 1 aromatic carbocycles. The molecule has 0 amide bonds. The first kappa shape index (κ1) is 13.2. The van der Waals surface area contributed by atoms with Crippen molar-refractivity contribution in [2.45, 2.75) is 38.6 Å². The molecule has 1 aliphatic carbocycles. The Labute approximate surface area is 114 Å². The van der Waals surface area contributed by atoms with Crippen LogP contribution in [-0.4, -0.2) is 12.6 Å². The van der Waals surface area contributed by atoms with E-state index in [0.717, 1.165) is 18.0 Å². The number of hydrogen-bond donors (Lipinski definition) is 1. The van der Waals surface area contributed by atoms with Crippen molar-refractivity contribution in [3.05, 3.63) is 33.8 Å². The third kappa shape index (κ3) is 3.15. The molecule has 0 heterocycles. The molecule has 3 heteroatoms. The van der Waals surface area contributed by atoms with Crippen LogP contribution in [0.1, 0.15) is 31.7 Å². The van der Waals surface area contributed by atoms with Gasteiger partial charge in [-0.1, -0.05) is 48.7 Å². The number of rotatable bonds is 4. The van der Waals surface area contributed by atoms with Gasteiger partial charge in [0, 0.05) is 6.04 Å². The fraction of sp³-hybridized carbons (Fsp3) is 0.571. The second kappa shape index (κ2) is 6.08. The van der Waals surface area contributed by atoms with Crippen molar-refractivity contribution >= 4 is 23.2 Å². The molecule has 1 N–H and O–H groups in total. The summed E-state index contributed by atoms with van der Waals surface area (Å²) in [6.45, 7) is 3.21. The van der Waals surface area contributed by atoms with E-state index in [1.165, 1.54) is 24.8 Å². The quantitative estimate of drug-likeness (QED) is 0.861. The van der Waals surface area contributed by atoms with Gasteiger partial charge in [-0.25, -0.2) is 0 Å². The van der Waals surface area contributed by atoms with Crippen LogP contribution in [0, 0.1) is 5.92 Å². The van der Waals surface area contributed by atoms with E-state index in [-0.39, 0.29) is 0 Å². The Kier molecular flexibility index (Phi) is 4.72. The molecule has 17 heavy (non-hydrogen) atoms. The first-order chi connectivity index (χ1) is 8.22. The maximum atomic E-state index is 6.24. The van der Waals surface area contributed by atoms with Crippen molar-refractivity contribution < 1.29 is 0 Å². The Hall–Kier alpha value is -0.240. The van der Waals surface area contributed by atoms with Gasteiger partial charge in [0.05, 0.1) is 10.0 Å². The standard InChI is InChI=1S/C14H19Cl2N/c1-2-17-13-8-4-5-10(13)9-11-6-3-7-12(15)14(11)16/h3,6-7,10,13,17H,2,4-5,8-9H2,1H3. The van der Waals surface area contributed by atoms with Crippen LogP contribution in [0.15, 0.2) is 18.2 Å². The zero-order chi connectivity index (χ0) is 12.3. The summed E-state index contributed by atoms with van der Waals surface area (Å²) in [6.07, 6.45) is 4.94. The van der Waals surface area contributed by atoms with E-state index in [9.17, 15) is 0 Å². The molecule has 2 unspecified atom stereocenters. The van der Waals surface area contributed by atoms with Crippen LogP contribution >= 0.6 is 23.2 Å². The average molecular weight is 272 g/mol. The minimum absolute atomic E-state index is 0.648. The monoisotopic (exact) mass is 271 g/mol. The fourth-order valence-corrected chi connectivity index (χ4v) is 3.20. The van der Waals surface area contributed by atoms with Crippen LogP contribution in [0.25, 0.3) is 0 Å². The topological polar surface area (TPSA) is 12.0 Å². The summed E-state index contributed by atoms with van der Waals surface area (Å²) in [5.74, 6) is 0.700. The van der Waals surface area contributed by atoms with Gasteiger partial charge in [-0.05, 0) is 43.4 Å². The molecule has 1 aliphatic rings. The van der Waals surface area contributed by atoms with Crippen molar-refractivity contribution in [2.75, 3.05) is 6.54 Å². The van der Waals surface area contributed by atoms with Crippen LogP contribution in [0.5, 0.6) is 0 Å². The van der Waals surface area contributed by atoms with Gasteiger partial charge in [-0.15, -0.1) is 0 Å². The van der Waals surface area contributed by atoms with E-state index >= 15 is 0 Å². The second-order valence-electron chi connectivity index (χ2n) is 4.77. The summed E-state index contributed by atoms with van der Waals surface area (Å²) in [4.78, 5) is 0. The lowest BCUT2D eigenvalue weighted by molar-refractivity contribution is 0.406. The van der Waals surface area contributed by atoms with Gasteiger partial charge in [0.25, 0.3) is 0 Å².